The van der Waals surface area contributed by atoms with Gasteiger partial charge in [0.05, 0.1) is 23.1 Å². The zero-order chi connectivity index (χ0) is 19.0. The number of rotatable bonds is 4. The first-order chi connectivity index (χ1) is 13.0. The molecule has 1 amide bonds. The molecule has 0 saturated carbocycles. The molecule has 0 aliphatic carbocycles. The van der Waals surface area contributed by atoms with Gasteiger partial charge in [0.25, 0.3) is 5.91 Å². The fourth-order valence-corrected chi connectivity index (χ4v) is 4.65. The largest absolute Gasteiger partial charge is 0.397 e. The van der Waals surface area contributed by atoms with E-state index in [4.69, 9.17) is 10.7 Å². The Labute approximate surface area is 161 Å². The average Bonchev–Trinajstić information content (AvgIpc) is 3.26. The Morgan fingerprint density at radius 3 is 2.96 bits per heavy atom. The Bertz CT molecular complexity index is 971. The molecule has 0 radical (unpaired) electrons. The van der Waals surface area contributed by atoms with E-state index in [0.29, 0.717) is 10.6 Å². The van der Waals surface area contributed by atoms with Crippen LogP contribution in [0.15, 0.2) is 30.7 Å². The summed E-state index contributed by atoms with van der Waals surface area (Å²) in [6.45, 7) is 1.77. The van der Waals surface area contributed by atoms with E-state index < -0.39 is 0 Å². The Morgan fingerprint density at radius 1 is 1.37 bits per heavy atom. The van der Waals surface area contributed by atoms with Crippen molar-refractivity contribution in [3.63, 3.8) is 0 Å². The Kier molecular flexibility index (Phi) is 4.75. The smallest absolute Gasteiger partial charge is 0.265 e. The molecule has 0 aromatic carbocycles. The third-order valence-corrected chi connectivity index (χ3v) is 6.01. The van der Waals surface area contributed by atoms with Crippen LogP contribution in [0.5, 0.6) is 0 Å². The summed E-state index contributed by atoms with van der Waals surface area (Å²) in [5, 5.41) is 0.854. The molecule has 0 unspecified atom stereocenters. The second-order valence-electron chi connectivity index (χ2n) is 6.96. The number of fused-ring (bicyclic) bond motifs is 1. The van der Waals surface area contributed by atoms with Gasteiger partial charge in [0.2, 0.25) is 0 Å². The molecule has 3 aromatic rings. The number of carbonyl (C=O) groups is 1. The maximum Gasteiger partial charge on any atom is 0.265 e. The van der Waals surface area contributed by atoms with Gasteiger partial charge in [0.15, 0.2) is 0 Å². The second-order valence-corrected chi connectivity index (χ2v) is 7.96. The van der Waals surface area contributed by atoms with Gasteiger partial charge in [0, 0.05) is 44.6 Å². The number of pyridine rings is 1. The second kappa shape index (κ2) is 7.21. The van der Waals surface area contributed by atoms with Gasteiger partial charge < -0.3 is 10.6 Å². The lowest BCUT2D eigenvalue weighted by atomic mass is 10.1. The maximum atomic E-state index is 12.3. The summed E-state index contributed by atoms with van der Waals surface area (Å²) in [4.78, 5) is 31.1. The van der Waals surface area contributed by atoms with E-state index in [9.17, 15) is 4.79 Å². The molecule has 8 heteroatoms. The van der Waals surface area contributed by atoms with Crippen LogP contribution in [-0.4, -0.2) is 51.3 Å². The van der Waals surface area contributed by atoms with Gasteiger partial charge in [-0.15, -0.1) is 11.3 Å². The van der Waals surface area contributed by atoms with Crippen LogP contribution in [0.4, 0.5) is 5.69 Å². The quantitative estimate of drug-likeness (QED) is 0.746. The Balaban J connectivity index is 1.64. The number of anilines is 1. The summed E-state index contributed by atoms with van der Waals surface area (Å²) in [7, 11) is 3.46. The van der Waals surface area contributed by atoms with Gasteiger partial charge in [0.1, 0.15) is 9.71 Å². The number of nitrogen functional groups attached to an aromatic ring is 1. The summed E-state index contributed by atoms with van der Waals surface area (Å²) >= 11 is 1.37. The highest BCUT2D eigenvalue weighted by Gasteiger charge is 2.28. The van der Waals surface area contributed by atoms with Crippen molar-refractivity contribution in [1.29, 1.82) is 0 Å². The van der Waals surface area contributed by atoms with Gasteiger partial charge in [-0.2, -0.15) is 0 Å². The molecule has 140 valence electrons. The molecule has 1 aliphatic rings. The zero-order valence-corrected chi connectivity index (χ0v) is 16.2. The van der Waals surface area contributed by atoms with Gasteiger partial charge in [-0.05, 0) is 31.5 Å². The van der Waals surface area contributed by atoms with Crippen molar-refractivity contribution in [2.75, 3.05) is 26.4 Å². The van der Waals surface area contributed by atoms with Crippen LogP contribution < -0.4 is 5.73 Å². The topological polar surface area (TPSA) is 88.2 Å². The van der Waals surface area contributed by atoms with E-state index in [1.54, 1.807) is 31.4 Å². The minimum atomic E-state index is -0.0813. The van der Waals surface area contributed by atoms with Crippen molar-refractivity contribution in [3.8, 4) is 0 Å². The average molecular weight is 382 g/mol. The minimum Gasteiger partial charge on any atom is -0.397 e. The predicted molar refractivity (Wildman–Crippen MR) is 106 cm³/mol. The Hall–Kier alpha value is -2.58. The standard InChI is InChI=1S/C19H22N6OS/c1-24(2)19(26)17-16(20)13-5-6-14(23-18(13)27-17)15-4-3-9-25(15)11-12-10-21-7-8-22-12/h5-8,10,15H,3-4,9,11,20H2,1-2H3/t15-/m1/s1. The number of amides is 1. The molecule has 1 fully saturated rings. The maximum absolute atomic E-state index is 12.3. The molecule has 2 N–H and O–H groups in total. The molecule has 1 atom stereocenters. The molecular weight excluding hydrogens is 360 g/mol. The fourth-order valence-electron chi connectivity index (χ4n) is 3.53. The highest BCUT2D eigenvalue weighted by molar-refractivity contribution is 7.21. The monoisotopic (exact) mass is 382 g/mol. The molecule has 7 nitrogen and oxygen atoms in total. The van der Waals surface area contributed by atoms with Crippen molar-refractivity contribution in [2.45, 2.75) is 25.4 Å². The number of hydrogen-bond donors (Lipinski definition) is 1. The molecule has 4 heterocycles. The van der Waals surface area contributed by atoms with Crippen LogP contribution >= 0.6 is 11.3 Å². The van der Waals surface area contributed by atoms with Crippen molar-refractivity contribution in [1.82, 2.24) is 24.8 Å². The molecule has 4 rings (SSSR count). The number of thiophene rings is 1. The molecule has 0 bridgehead atoms. The van der Waals surface area contributed by atoms with Crippen molar-refractivity contribution in [3.05, 3.63) is 47.0 Å². The number of hydrogen-bond acceptors (Lipinski definition) is 7. The van der Waals surface area contributed by atoms with E-state index in [2.05, 4.69) is 14.9 Å². The number of likely N-dealkylation sites (tertiary alicyclic amines) is 1. The summed E-state index contributed by atoms with van der Waals surface area (Å²) in [6.07, 6.45) is 7.41. The third kappa shape index (κ3) is 3.38. The lowest BCUT2D eigenvalue weighted by molar-refractivity contribution is 0.0833. The van der Waals surface area contributed by atoms with Gasteiger partial charge >= 0.3 is 0 Å². The number of nitrogens with zero attached hydrogens (tertiary/aromatic N) is 5. The summed E-state index contributed by atoms with van der Waals surface area (Å²) in [6, 6.07) is 4.27. The Morgan fingerprint density at radius 2 is 2.22 bits per heavy atom. The van der Waals surface area contributed by atoms with Gasteiger partial charge in [-0.3, -0.25) is 19.7 Å². The normalized spacial score (nSPS) is 17.5. The number of nitrogens with two attached hydrogens (primary N) is 1. The van der Waals surface area contributed by atoms with Crippen LogP contribution in [0.2, 0.25) is 0 Å². The molecule has 27 heavy (non-hydrogen) atoms. The third-order valence-electron chi connectivity index (χ3n) is 4.90. The fraction of sp³-hybridized carbons (Fsp3) is 0.368. The van der Waals surface area contributed by atoms with E-state index >= 15 is 0 Å². The summed E-state index contributed by atoms with van der Waals surface area (Å²) in [5.41, 5.74) is 8.72. The van der Waals surface area contributed by atoms with Crippen LogP contribution in [0.25, 0.3) is 10.2 Å². The van der Waals surface area contributed by atoms with Crippen molar-refractivity contribution < 1.29 is 4.79 Å². The molecule has 0 spiro atoms. The number of carbonyl (C=O) groups excluding carboxylic acids is 1. The van der Waals surface area contributed by atoms with Crippen LogP contribution in [0, 0.1) is 0 Å². The zero-order valence-electron chi connectivity index (χ0n) is 15.4. The predicted octanol–water partition coefficient (Wildman–Crippen LogP) is 2.71. The minimum absolute atomic E-state index is 0.0813. The van der Waals surface area contributed by atoms with E-state index in [0.717, 1.165) is 47.5 Å². The van der Waals surface area contributed by atoms with Crippen molar-refractivity contribution >= 4 is 33.1 Å². The summed E-state index contributed by atoms with van der Waals surface area (Å²) in [5.74, 6) is -0.0813. The van der Waals surface area contributed by atoms with E-state index in [1.807, 2.05) is 18.3 Å². The molecule has 1 aliphatic heterocycles. The van der Waals surface area contributed by atoms with E-state index in [-0.39, 0.29) is 11.9 Å². The van der Waals surface area contributed by atoms with Gasteiger partial charge in [-0.1, -0.05) is 0 Å². The lowest BCUT2D eigenvalue weighted by Crippen LogP contribution is -2.24. The van der Waals surface area contributed by atoms with Gasteiger partial charge in [-0.25, -0.2) is 4.98 Å². The first-order valence-electron chi connectivity index (χ1n) is 8.94. The SMILES string of the molecule is CN(C)C(=O)c1sc2nc([C@H]3CCCN3Cc3cnccn3)ccc2c1N. The highest BCUT2D eigenvalue weighted by atomic mass is 32.1. The first-order valence-corrected chi connectivity index (χ1v) is 9.75. The van der Waals surface area contributed by atoms with Crippen molar-refractivity contribution in [2.24, 2.45) is 0 Å². The lowest BCUT2D eigenvalue weighted by Gasteiger charge is -2.23. The number of aromatic nitrogens is 3. The molecule has 1 saturated heterocycles. The molecular formula is C19H22N6OS. The van der Waals surface area contributed by atoms with Crippen LogP contribution in [-0.2, 0) is 6.54 Å². The first kappa shape index (κ1) is 17.8. The highest BCUT2D eigenvalue weighted by Crippen LogP contribution is 2.37. The summed E-state index contributed by atoms with van der Waals surface area (Å²) < 4.78 is 0. The van der Waals surface area contributed by atoms with Crippen LogP contribution in [0.1, 0.15) is 39.9 Å². The van der Waals surface area contributed by atoms with Crippen LogP contribution in [0.3, 0.4) is 0 Å². The van der Waals surface area contributed by atoms with E-state index in [1.165, 1.54) is 11.3 Å². The molecule has 3 aromatic heterocycles.